The number of amides is 1. The molecule has 0 saturated heterocycles. The number of carbonyl (C=O) groups excluding carboxylic acids is 1. The first-order valence-corrected chi connectivity index (χ1v) is 10.0. The number of nitrogens with one attached hydrogen (secondary N) is 1. The van der Waals surface area contributed by atoms with Crippen LogP contribution in [-0.4, -0.2) is 41.5 Å². The molecule has 9 heteroatoms. The van der Waals surface area contributed by atoms with E-state index in [0.29, 0.717) is 23.1 Å². The van der Waals surface area contributed by atoms with Crippen molar-refractivity contribution < 1.29 is 9.53 Å². The lowest BCUT2D eigenvalue weighted by atomic mass is 10.1. The zero-order chi connectivity index (χ0) is 19.8. The molecule has 3 N–H and O–H groups in total. The van der Waals surface area contributed by atoms with E-state index < -0.39 is 5.91 Å². The van der Waals surface area contributed by atoms with Gasteiger partial charge in [0.1, 0.15) is 16.4 Å². The molecule has 1 aliphatic rings. The van der Waals surface area contributed by atoms with E-state index in [0.717, 1.165) is 35.3 Å². The number of thiophene rings is 1. The Morgan fingerprint density at radius 2 is 2.25 bits per heavy atom. The molecule has 146 valence electrons. The highest BCUT2D eigenvalue weighted by Crippen LogP contribution is 2.37. The van der Waals surface area contributed by atoms with Crippen molar-refractivity contribution in [3.05, 3.63) is 45.1 Å². The number of ether oxygens (including phenoxy) is 1. The molecule has 1 aliphatic heterocycles. The third-order valence-corrected chi connectivity index (χ3v) is 6.19. The summed E-state index contributed by atoms with van der Waals surface area (Å²) in [4.78, 5) is 24.8. The van der Waals surface area contributed by atoms with E-state index >= 15 is 0 Å². The summed E-state index contributed by atoms with van der Waals surface area (Å²) >= 11 is 7.82. The van der Waals surface area contributed by atoms with Crippen LogP contribution in [0, 0.1) is 0 Å². The standard InChI is InChI=1S/C19H20ClN5O2S/c1-25-6-5-11-14(9-25)28-19-15(11)17(23-18(24-19)16(21)26)22-8-10-3-4-13(27-2)12(20)7-10/h3-4,7H,5-6,8-9H2,1-2H3,(H2,21,26)(H,22,23,24). The number of likely N-dealkylation sites (N-methyl/N-ethyl adjacent to an activating group) is 1. The molecule has 0 unspecified atom stereocenters. The van der Waals surface area contributed by atoms with Crippen LogP contribution in [0.15, 0.2) is 18.2 Å². The molecule has 3 heterocycles. The number of fused-ring (bicyclic) bond motifs is 3. The maximum Gasteiger partial charge on any atom is 0.286 e. The number of nitrogens with two attached hydrogens (primary N) is 1. The molecule has 0 saturated carbocycles. The number of hydrogen-bond acceptors (Lipinski definition) is 7. The van der Waals surface area contributed by atoms with Crippen molar-refractivity contribution >= 4 is 44.9 Å². The average molecular weight is 418 g/mol. The van der Waals surface area contributed by atoms with Crippen LogP contribution in [0.2, 0.25) is 5.02 Å². The molecule has 0 radical (unpaired) electrons. The summed E-state index contributed by atoms with van der Waals surface area (Å²) in [5, 5.41) is 4.87. The van der Waals surface area contributed by atoms with Crippen molar-refractivity contribution in [3.63, 3.8) is 0 Å². The molecule has 4 rings (SSSR count). The van der Waals surface area contributed by atoms with Gasteiger partial charge in [0.25, 0.3) is 5.91 Å². The van der Waals surface area contributed by atoms with E-state index in [1.807, 2.05) is 18.2 Å². The summed E-state index contributed by atoms with van der Waals surface area (Å²) in [7, 11) is 3.68. The number of nitrogens with zero attached hydrogens (tertiary/aromatic N) is 3. The molecule has 0 aliphatic carbocycles. The van der Waals surface area contributed by atoms with E-state index in [1.54, 1.807) is 18.4 Å². The minimum absolute atomic E-state index is 0.0229. The zero-order valence-corrected chi connectivity index (χ0v) is 17.2. The SMILES string of the molecule is COc1ccc(CNc2nc(C(N)=O)nc3sc4c(c23)CCN(C)C4)cc1Cl. The number of carbonyl (C=O) groups is 1. The highest BCUT2D eigenvalue weighted by atomic mass is 35.5. The minimum Gasteiger partial charge on any atom is -0.495 e. The van der Waals surface area contributed by atoms with Crippen molar-refractivity contribution in [1.82, 2.24) is 14.9 Å². The van der Waals surface area contributed by atoms with Crippen molar-refractivity contribution in [2.24, 2.45) is 5.73 Å². The predicted octanol–water partition coefficient (Wildman–Crippen LogP) is 3.05. The number of methoxy groups -OCH3 is 1. The van der Waals surface area contributed by atoms with Crippen molar-refractivity contribution in [2.45, 2.75) is 19.5 Å². The molecule has 0 atom stereocenters. The van der Waals surface area contributed by atoms with Crippen LogP contribution in [-0.2, 0) is 19.5 Å². The Morgan fingerprint density at radius 1 is 1.43 bits per heavy atom. The van der Waals surface area contributed by atoms with Crippen LogP contribution < -0.4 is 15.8 Å². The summed E-state index contributed by atoms with van der Waals surface area (Å²) in [6, 6.07) is 5.61. The second-order valence-electron chi connectivity index (χ2n) is 6.75. The number of rotatable bonds is 5. The van der Waals surface area contributed by atoms with Gasteiger partial charge in [-0.3, -0.25) is 4.79 Å². The van der Waals surface area contributed by atoms with Gasteiger partial charge in [-0.1, -0.05) is 17.7 Å². The minimum atomic E-state index is -0.638. The largest absolute Gasteiger partial charge is 0.495 e. The van der Waals surface area contributed by atoms with Crippen LogP contribution in [0.5, 0.6) is 5.75 Å². The van der Waals surface area contributed by atoms with Gasteiger partial charge in [-0.05, 0) is 36.7 Å². The Bertz CT molecular complexity index is 1070. The smallest absolute Gasteiger partial charge is 0.286 e. The van der Waals surface area contributed by atoms with E-state index in [-0.39, 0.29) is 5.82 Å². The van der Waals surface area contributed by atoms with Crippen molar-refractivity contribution in [1.29, 1.82) is 0 Å². The molecular weight excluding hydrogens is 398 g/mol. The number of benzene rings is 1. The third-order valence-electron chi connectivity index (χ3n) is 4.79. The second kappa shape index (κ2) is 7.54. The number of anilines is 1. The molecule has 7 nitrogen and oxygen atoms in total. The predicted molar refractivity (Wildman–Crippen MR) is 111 cm³/mol. The lowest BCUT2D eigenvalue weighted by Crippen LogP contribution is -2.25. The average Bonchev–Trinajstić information content (AvgIpc) is 3.03. The van der Waals surface area contributed by atoms with Gasteiger partial charge >= 0.3 is 0 Å². The van der Waals surface area contributed by atoms with Gasteiger partial charge in [-0.15, -0.1) is 11.3 Å². The first-order valence-electron chi connectivity index (χ1n) is 8.83. The molecule has 3 aromatic rings. The molecule has 1 aromatic carbocycles. The third kappa shape index (κ3) is 3.50. The lowest BCUT2D eigenvalue weighted by molar-refractivity contribution is 0.0991. The lowest BCUT2D eigenvalue weighted by Gasteiger charge is -2.22. The fraction of sp³-hybridized carbons (Fsp3) is 0.316. The molecular formula is C19H20ClN5O2S. The Morgan fingerprint density at radius 3 is 2.96 bits per heavy atom. The summed E-state index contributed by atoms with van der Waals surface area (Å²) in [5.74, 6) is 0.644. The van der Waals surface area contributed by atoms with Gasteiger partial charge < -0.3 is 20.7 Å². The van der Waals surface area contributed by atoms with Crippen LogP contribution in [0.25, 0.3) is 10.2 Å². The highest BCUT2D eigenvalue weighted by Gasteiger charge is 2.24. The van der Waals surface area contributed by atoms with Crippen molar-refractivity contribution in [3.8, 4) is 5.75 Å². The van der Waals surface area contributed by atoms with Gasteiger partial charge in [-0.2, -0.15) is 0 Å². The normalized spacial score (nSPS) is 14.1. The number of primary amides is 1. The number of aromatic nitrogens is 2. The molecule has 0 bridgehead atoms. The van der Waals surface area contributed by atoms with Gasteiger partial charge in [-0.25, -0.2) is 9.97 Å². The summed E-state index contributed by atoms with van der Waals surface area (Å²) in [6.07, 6.45) is 0.925. The summed E-state index contributed by atoms with van der Waals surface area (Å²) in [6.45, 7) is 2.35. The van der Waals surface area contributed by atoms with E-state index in [4.69, 9.17) is 22.1 Å². The fourth-order valence-corrected chi connectivity index (χ4v) is 4.95. The summed E-state index contributed by atoms with van der Waals surface area (Å²) in [5.41, 5.74) is 7.68. The van der Waals surface area contributed by atoms with Gasteiger partial charge in [0.2, 0.25) is 5.82 Å². The van der Waals surface area contributed by atoms with E-state index in [2.05, 4.69) is 27.2 Å². The number of halogens is 1. The fourth-order valence-electron chi connectivity index (χ4n) is 3.37. The Hall–Kier alpha value is -2.42. The molecule has 28 heavy (non-hydrogen) atoms. The first kappa shape index (κ1) is 18.9. The van der Waals surface area contributed by atoms with Crippen LogP contribution in [0.1, 0.15) is 26.6 Å². The molecule has 1 amide bonds. The Kier molecular flexibility index (Phi) is 5.09. The Labute approximate surface area is 171 Å². The quantitative estimate of drug-likeness (QED) is 0.662. The van der Waals surface area contributed by atoms with E-state index in [1.165, 1.54) is 10.4 Å². The first-order chi connectivity index (χ1) is 13.5. The maximum atomic E-state index is 11.7. The zero-order valence-electron chi connectivity index (χ0n) is 15.6. The Balaban J connectivity index is 1.72. The molecule has 2 aromatic heterocycles. The van der Waals surface area contributed by atoms with Crippen molar-refractivity contribution in [2.75, 3.05) is 26.0 Å². The van der Waals surface area contributed by atoms with Gasteiger partial charge in [0.15, 0.2) is 0 Å². The van der Waals surface area contributed by atoms with Crippen LogP contribution in [0.4, 0.5) is 5.82 Å². The molecule has 0 fully saturated rings. The van der Waals surface area contributed by atoms with Crippen LogP contribution in [0.3, 0.4) is 0 Å². The summed E-state index contributed by atoms with van der Waals surface area (Å²) < 4.78 is 5.20. The molecule has 0 spiro atoms. The monoisotopic (exact) mass is 417 g/mol. The van der Waals surface area contributed by atoms with Crippen LogP contribution >= 0.6 is 22.9 Å². The van der Waals surface area contributed by atoms with E-state index in [9.17, 15) is 4.79 Å². The topological polar surface area (TPSA) is 93.4 Å². The van der Waals surface area contributed by atoms with Gasteiger partial charge in [0, 0.05) is 24.5 Å². The van der Waals surface area contributed by atoms with Gasteiger partial charge in [0.05, 0.1) is 17.5 Å². The maximum absolute atomic E-state index is 11.7. The second-order valence-corrected chi connectivity index (χ2v) is 8.25. The number of hydrogen-bond donors (Lipinski definition) is 2. The highest BCUT2D eigenvalue weighted by molar-refractivity contribution is 7.19.